The summed E-state index contributed by atoms with van der Waals surface area (Å²) in [5.41, 5.74) is 0.783. The summed E-state index contributed by atoms with van der Waals surface area (Å²) in [5.74, 6) is 0.457. The van der Waals surface area contributed by atoms with Gasteiger partial charge in [0.15, 0.2) is 0 Å². The number of aliphatic hydroxyl groups is 1. The molecule has 1 aromatic carbocycles. The largest absolute Gasteiger partial charge is 0.396 e. The Bertz CT molecular complexity index is 643. The summed E-state index contributed by atoms with van der Waals surface area (Å²) in [4.78, 5) is 14.3. The molecule has 0 bridgehead atoms. The molecule has 0 radical (unpaired) electrons. The SMILES string of the molecule is CCNS(=O)(=O)c1ccc(CC(=O)N2C[C@@H](CO)[C@H](C)C2)cc1. The zero-order valence-corrected chi connectivity index (χ0v) is 14.3. The van der Waals surface area contributed by atoms with Crippen molar-refractivity contribution in [1.29, 1.82) is 0 Å². The van der Waals surface area contributed by atoms with Crippen LogP contribution in [0.15, 0.2) is 29.2 Å². The van der Waals surface area contributed by atoms with Crippen LogP contribution < -0.4 is 4.72 Å². The second-order valence-corrected chi connectivity index (χ2v) is 7.81. The number of aliphatic hydroxyl groups excluding tert-OH is 1. The average Bonchev–Trinajstić information content (AvgIpc) is 2.89. The second-order valence-electron chi connectivity index (χ2n) is 6.04. The fraction of sp³-hybridized carbons (Fsp3) is 0.562. The molecule has 2 rings (SSSR count). The van der Waals surface area contributed by atoms with Crippen LogP contribution in [0.5, 0.6) is 0 Å². The van der Waals surface area contributed by atoms with E-state index in [-0.39, 0.29) is 29.7 Å². The molecule has 0 saturated carbocycles. The number of amides is 1. The standard InChI is InChI=1S/C16H24N2O4S/c1-3-17-23(21,22)15-6-4-13(5-7-15)8-16(20)18-9-12(2)14(10-18)11-19/h4-7,12,14,17,19H,3,8-11H2,1-2H3/t12-,14+/m1/s1. The van der Waals surface area contributed by atoms with E-state index in [0.717, 1.165) is 5.56 Å². The third kappa shape index (κ3) is 4.31. The van der Waals surface area contributed by atoms with Crippen LogP contribution in [0, 0.1) is 11.8 Å². The van der Waals surface area contributed by atoms with Gasteiger partial charge in [0.1, 0.15) is 0 Å². The van der Waals surface area contributed by atoms with Crippen LogP contribution in [0.1, 0.15) is 19.4 Å². The summed E-state index contributed by atoms with van der Waals surface area (Å²) in [5, 5.41) is 9.28. The molecule has 2 atom stereocenters. The number of carbonyl (C=O) groups excluding carboxylic acids is 1. The first-order valence-electron chi connectivity index (χ1n) is 7.84. The van der Waals surface area contributed by atoms with Crippen molar-refractivity contribution >= 4 is 15.9 Å². The van der Waals surface area contributed by atoms with Crippen LogP contribution in [-0.4, -0.2) is 50.6 Å². The molecule has 2 N–H and O–H groups in total. The molecule has 0 aliphatic carbocycles. The lowest BCUT2D eigenvalue weighted by Gasteiger charge is -2.16. The van der Waals surface area contributed by atoms with Crippen molar-refractivity contribution in [2.45, 2.75) is 25.2 Å². The molecule has 23 heavy (non-hydrogen) atoms. The lowest BCUT2D eigenvalue weighted by molar-refractivity contribution is -0.129. The minimum Gasteiger partial charge on any atom is -0.396 e. The molecule has 0 unspecified atom stereocenters. The van der Waals surface area contributed by atoms with Crippen molar-refractivity contribution in [3.63, 3.8) is 0 Å². The molecule has 1 amide bonds. The number of likely N-dealkylation sites (tertiary alicyclic amines) is 1. The first kappa shape index (κ1) is 17.9. The van der Waals surface area contributed by atoms with Crippen molar-refractivity contribution in [3.05, 3.63) is 29.8 Å². The summed E-state index contributed by atoms with van der Waals surface area (Å²) < 4.78 is 26.2. The summed E-state index contributed by atoms with van der Waals surface area (Å²) in [7, 11) is -3.46. The van der Waals surface area contributed by atoms with Gasteiger partial charge in [-0.05, 0) is 23.6 Å². The monoisotopic (exact) mass is 340 g/mol. The van der Waals surface area contributed by atoms with E-state index in [2.05, 4.69) is 4.72 Å². The Balaban J connectivity index is 2.00. The molecule has 6 nitrogen and oxygen atoms in total. The zero-order chi connectivity index (χ0) is 17.0. The molecule has 128 valence electrons. The number of hydrogen-bond donors (Lipinski definition) is 2. The highest BCUT2D eigenvalue weighted by atomic mass is 32.2. The molecule has 0 spiro atoms. The Morgan fingerprint density at radius 1 is 1.30 bits per heavy atom. The highest BCUT2D eigenvalue weighted by Crippen LogP contribution is 2.23. The van der Waals surface area contributed by atoms with Crippen LogP contribution in [0.25, 0.3) is 0 Å². The van der Waals surface area contributed by atoms with E-state index in [1.54, 1.807) is 24.0 Å². The van der Waals surface area contributed by atoms with E-state index in [0.29, 0.717) is 25.6 Å². The van der Waals surface area contributed by atoms with Gasteiger partial charge in [-0.2, -0.15) is 0 Å². The molecule has 1 aliphatic heterocycles. The van der Waals surface area contributed by atoms with E-state index in [1.165, 1.54) is 12.1 Å². The van der Waals surface area contributed by atoms with Crippen LogP contribution in [0.2, 0.25) is 0 Å². The molecule has 1 heterocycles. The maximum Gasteiger partial charge on any atom is 0.240 e. The number of nitrogens with zero attached hydrogens (tertiary/aromatic N) is 1. The highest BCUT2D eigenvalue weighted by Gasteiger charge is 2.31. The number of benzene rings is 1. The van der Waals surface area contributed by atoms with Crippen molar-refractivity contribution in [2.24, 2.45) is 11.8 Å². The molecule has 1 aliphatic rings. The topological polar surface area (TPSA) is 86.7 Å². The Labute approximate surface area is 137 Å². The molecular formula is C16H24N2O4S. The molecule has 0 aromatic heterocycles. The summed E-state index contributed by atoms with van der Waals surface area (Å²) >= 11 is 0. The van der Waals surface area contributed by atoms with E-state index < -0.39 is 10.0 Å². The predicted molar refractivity (Wildman–Crippen MR) is 87.3 cm³/mol. The Hall–Kier alpha value is -1.44. The maximum atomic E-state index is 12.3. The number of sulfonamides is 1. The molecular weight excluding hydrogens is 316 g/mol. The van der Waals surface area contributed by atoms with Gasteiger partial charge in [0.2, 0.25) is 15.9 Å². The van der Waals surface area contributed by atoms with Gasteiger partial charge in [-0.1, -0.05) is 26.0 Å². The smallest absolute Gasteiger partial charge is 0.240 e. The van der Waals surface area contributed by atoms with Crippen molar-refractivity contribution in [2.75, 3.05) is 26.2 Å². The number of carbonyl (C=O) groups is 1. The van der Waals surface area contributed by atoms with E-state index in [9.17, 15) is 18.3 Å². The maximum absolute atomic E-state index is 12.3. The molecule has 1 saturated heterocycles. The fourth-order valence-electron chi connectivity index (χ4n) is 2.82. The molecule has 7 heteroatoms. The second kappa shape index (κ2) is 7.42. The fourth-order valence-corrected chi connectivity index (χ4v) is 3.86. The summed E-state index contributed by atoms with van der Waals surface area (Å²) in [6.07, 6.45) is 0.242. The van der Waals surface area contributed by atoms with Crippen molar-refractivity contribution in [3.8, 4) is 0 Å². The third-order valence-corrected chi connectivity index (χ3v) is 5.84. The van der Waals surface area contributed by atoms with Gasteiger partial charge in [-0.3, -0.25) is 4.79 Å². The summed E-state index contributed by atoms with van der Waals surface area (Å²) in [6, 6.07) is 6.38. The Morgan fingerprint density at radius 3 is 2.48 bits per heavy atom. The van der Waals surface area contributed by atoms with Crippen molar-refractivity contribution in [1.82, 2.24) is 9.62 Å². The predicted octanol–water partition coefficient (Wildman–Crippen LogP) is 0.614. The molecule has 1 aromatic rings. The van der Waals surface area contributed by atoms with Crippen LogP contribution in [0.4, 0.5) is 0 Å². The Kier molecular flexibility index (Phi) is 5.78. The normalized spacial score (nSPS) is 21.6. The first-order valence-corrected chi connectivity index (χ1v) is 9.33. The lowest BCUT2D eigenvalue weighted by Crippen LogP contribution is -2.30. The van der Waals surface area contributed by atoms with Gasteiger partial charge in [0.05, 0.1) is 11.3 Å². The van der Waals surface area contributed by atoms with Gasteiger partial charge in [-0.15, -0.1) is 0 Å². The first-order chi connectivity index (χ1) is 10.9. The highest BCUT2D eigenvalue weighted by molar-refractivity contribution is 7.89. The van der Waals surface area contributed by atoms with E-state index >= 15 is 0 Å². The lowest BCUT2D eigenvalue weighted by atomic mass is 10.00. The van der Waals surface area contributed by atoms with Crippen LogP contribution >= 0.6 is 0 Å². The zero-order valence-electron chi connectivity index (χ0n) is 13.5. The molecule has 1 fully saturated rings. The Morgan fingerprint density at radius 2 is 1.96 bits per heavy atom. The van der Waals surface area contributed by atoms with Gasteiger partial charge in [0.25, 0.3) is 0 Å². The van der Waals surface area contributed by atoms with Gasteiger partial charge in [-0.25, -0.2) is 13.1 Å². The number of nitrogens with one attached hydrogen (secondary N) is 1. The minimum absolute atomic E-state index is 0.00934. The van der Waals surface area contributed by atoms with E-state index in [1.807, 2.05) is 6.92 Å². The number of rotatable bonds is 6. The van der Waals surface area contributed by atoms with Gasteiger partial charge >= 0.3 is 0 Å². The number of hydrogen-bond acceptors (Lipinski definition) is 4. The van der Waals surface area contributed by atoms with E-state index in [4.69, 9.17) is 0 Å². The van der Waals surface area contributed by atoms with Gasteiger partial charge in [0, 0.05) is 32.2 Å². The van der Waals surface area contributed by atoms with Crippen LogP contribution in [-0.2, 0) is 21.2 Å². The third-order valence-electron chi connectivity index (χ3n) is 4.28. The minimum atomic E-state index is -3.46. The quantitative estimate of drug-likeness (QED) is 0.794. The van der Waals surface area contributed by atoms with Crippen molar-refractivity contribution < 1.29 is 18.3 Å². The van der Waals surface area contributed by atoms with Crippen LogP contribution in [0.3, 0.4) is 0 Å². The van der Waals surface area contributed by atoms with Gasteiger partial charge < -0.3 is 10.0 Å². The average molecular weight is 340 g/mol. The summed E-state index contributed by atoms with van der Waals surface area (Å²) in [6.45, 7) is 5.44.